The van der Waals surface area contributed by atoms with Crippen LogP contribution < -0.4 is 0 Å². The topological polar surface area (TPSA) is 76.2 Å². The molecule has 0 aromatic heterocycles. The molecule has 1 aliphatic carbocycles. The standard InChI is InChI=1S/C30H36ClFN2O5/c1-30(2,3)39-28(36)33(22-12-8-5-9-13-22)18-24(21-14-15-25(31)26(32)17-21)27(35)34-23(19-38-29(34)37)16-20-10-6-4-7-11-20/h4,6-7,10-11,14-15,17,22-24H,5,8-9,12-13,16,18-19H2,1-3H3. The number of cyclic esters (lactones) is 1. The van der Waals surface area contributed by atoms with Crippen molar-refractivity contribution in [3.63, 3.8) is 0 Å². The van der Waals surface area contributed by atoms with Crippen LogP contribution in [0.15, 0.2) is 48.5 Å². The minimum absolute atomic E-state index is 0.0551. The van der Waals surface area contributed by atoms with E-state index in [4.69, 9.17) is 21.1 Å². The summed E-state index contributed by atoms with van der Waals surface area (Å²) in [4.78, 5) is 43.2. The lowest BCUT2D eigenvalue weighted by Gasteiger charge is -2.38. The van der Waals surface area contributed by atoms with Gasteiger partial charge in [0.15, 0.2) is 0 Å². The van der Waals surface area contributed by atoms with Crippen LogP contribution in [0.25, 0.3) is 0 Å². The Bertz CT molecular complexity index is 1180. The summed E-state index contributed by atoms with van der Waals surface area (Å²) < 4.78 is 25.7. The van der Waals surface area contributed by atoms with E-state index in [0.717, 1.165) is 42.6 Å². The van der Waals surface area contributed by atoms with Crippen LogP contribution in [0.3, 0.4) is 0 Å². The van der Waals surface area contributed by atoms with Crippen LogP contribution in [-0.4, -0.2) is 58.7 Å². The summed E-state index contributed by atoms with van der Waals surface area (Å²) in [5, 5.41) is -0.0798. The van der Waals surface area contributed by atoms with Gasteiger partial charge in [-0.25, -0.2) is 18.9 Å². The number of hydrogen-bond donors (Lipinski definition) is 0. The lowest BCUT2D eigenvalue weighted by Crippen LogP contribution is -2.50. The van der Waals surface area contributed by atoms with Gasteiger partial charge in [-0.1, -0.05) is 67.3 Å². The fourth-order valence-electron chi connectivity index (χ4n) is 5.27. The summed E-state index contributed by atoms with van der Waals surface area (Å²) in [6, 6.07) is 13.0. The van der Waals surface area contributed by atoms with Crippen LogP contribution in [0, 0.1) is 5.82 Å². The maximum absolute atomic E-state index is 14.6. The summed E-state index contributed by atoms with van der Waals surface area (Å²) in [6.45, 7) is 5.35. The predicted octanol–water partition coefficient (Wildman–Crippen LogP) is 6.72. The molecule has 1 heterocycles. The summed E-state index contributed by atoms with van der Waals surface area (Å²) in [7, 11) is 0. The number of nitrogens with zero attached hydrogens (tertiary/aromatic N) is 2. The molecule has 7 nitrogen and oxygen atoms in total. The Morgan fingerprint density at radius 1 is 1.13 bits per heavy atom. The number of imide groups is 1. The zero-order valence-corrected chi connectivity index (χ0v) is 23.5. The van der Waals surface area contributed by atoms with E-state index in [1.165, 1.54) is 12.1 Å². The van der Waals surface area contributed by atoms with E-state index in [0.29, 0.717) is 12.0 Å². The first-order valence-electron chi connectivity index (χ1n) is 13.5. The molecule has 1 saturated carbocycles. The van der Waals surface area contributed by atoms with Gasteiger partial charge in [0, 0.05) is 12.6 Å². The molecule has 0 bridgehead atoms. The second-order valence-corrected chi connectivity index (χ2v) is 11.7. The van der Waals surface area contributed by atoms with Gasteiger partial charge in [0.05, 0.1) is 17.0 Å². The molecule has 3 amide bonds. The molecule has 2 atom stereocenters. The highest BCUT2D eigenvalue weighted by atomic mass is 35.5. The number of carbonyl (C=O) groups excluding carboxylic acids is 3. The molecule has 0 N–H and O–H groups in total. The Morgan fingerprint density at radius 3 is 2.46 bits per heavy atom. The molecule has 1 saturated heterocycles. The van der Waals surface area contributed by atoms with Crippen molar-refractivity contribution in [1.82, 2.24) is 9.80 Å². The van der Waals surface area contributed by atoms with E-state index in [-0.39, 0.29) is 24.2 Å². The van der Waals surface area contributed by atoms with Crippen molar-refractivity contribution >= 4 is 29.7 Å². The highest BCUT2D eigenvalue weighted by molar-refractivity contribution is 6.30. The van der Waals surface area contributed by atoms with Crippen LogP contribution in [0.4, 0.5) is 14.0 Å². The van der Waals surface area contributed by atoms with E-state index in [1.54, 1.807) is 31.7 Å². The van der Waals surface area contributed by atoms with Crippen LogP contribution in [0.5, 0.6) is 0 Å². The summed E-state index contributed by atoms with van der Waals surface area (Å²) in [5.41, 5.74) is 0.532. The Labute approximate surface area is 234 Å². The van der Waals surface area contributed by atoms with Crippen LogP contribution in [-0.2, 0) is 20.7 Å². The van der Waals surface area contributed by atoms with Crippen LogP contribution in [0.1, 0.15) is 69.9 Å². The molecule has 2 unspecified atom stereocenters. The Kier molecular flexibility index (Phi) is 9.15. The number of ether oxygens (including phenoxy) is 2. The molecule has 2 aromatic rings. The fourth-order valence-corrected chi connectivity index (χ4v) is 5.39. The average molecular weight is 559 g/mol. The zero-order chi connectivity index (χ0) is 28.2. The quantitative estimate of drug-likeness (QED) is 0.377. The lowest BCUT2D eigenvalue weighted by atomic mass is 9.91. The van der Waals surface area contributed by atoms with Crippen molar-refractivity contribution in [2.24, 2.45) is 0 Å². The molecule has 0 radical (unpaired) electrons. The molecule has 9 heteroatoms. The minimum atomic E-state index is -1.03. The monoisotopic (exact) mass is 558 g/mol. The molecule has 2 fully saturated rings. The van der Waals surface area contributed by atoms with Crippen molar-refractivity contribution in [1.29, 1.82) is 0 Å². The van der Waals surface area contributed by atoms with Crippen LogP contribution in [0.2, 0.25) is 5.02 Å². The summed E-state index contributed by atoms with van der Waals surface area (Å²) in [5.74, 6) is -2.27. The van der Waals surface area contributed by atoms with E-state index in [1.807, 2.05) is 30.3 Å². The number of amides is 3. The zero-order valence-electron chi connectivity index (χ0n) is 22.7. The Morgan fingerprint density at radius 2 is 1.82 bits per heavy atom. The molecule has 0 spiro atoms. The van der Waals surface area contributed by atoms with E-state index in [9.17, 15) is 18.8 Å². The highest BCUT2D eigenvalue weighted by Crippen LogP contribution is 2.32. The molecular formula is C30H36ClFN2O5. The van der Waals surface area contributed by atoms with E-state index >= 15 is 0 Å². The Hall–Kier alpha value is -3.13. The van der Waals surface area contributed by atoms with Crippen molar-refractivity contribution in [2.45, 2.75) is 82.9 Å². The van der Waals surface area contributed by atoms with Gasteiger partial charge in [-0.15, -0.1) is 0 Å². The van der Waals surface area contributed by atoms with E-state index in [2.05, 4.69) is 0 Å². The summed E-state index contributed by atoms with van der Waals surface area (Å²) in [6.07, 6.45) is 3.66. The van der Waals surface area contributed by atoms with Gasteiger partial charge in [0.1, 0.15) is 18.0 Å². The third-order valence-electron chi connectivity index (χ3n) is 7.18. The molecule has 39 heavy (non-hydrogen) atoms. The van der Waals surface area contributed by atoms with Gasteiger partial charge in [-0.05, 0) is 63.3 Å². The SMILES string of the molecule is CC(C)(C)OC(=O)N(CC(C(=O)N1C(=O)OCC1Cc1ccccc1)c1ccc(Cl)c(F)c1)C1CCCCC1. The molecule has 210 valence electrons. The average Bonchev–Trinajstić information content (AvgIpc) is 3.25. The molecule has 2 aromatic carbocycles. The van der Waals surface area contributed by atoms with Gasteiger partial charge in [-0.3, -0.25) is 4.79 Å². The van der Waals surface area contributed by atoms with Crippen molar-refractivity contribution in [3.05, 3.63) is 70.5 Å². The minimum Gasteiger partial charge on any atom is -0.447 e. The number of carbonyl (C=O) groups is 3. The smallest absolute Gasteiger partial charge is 0.417 e. The van der Waals surface area contributed by atoms with Gasteiger partial charge in [0.25, 0.3) is 0 Å². The largest absolute Gasteiger partial charge is 0.447 e. The highest BCUT2D eigenvalue weighted by Gasteiger charge is 2.43. The number of halogens is 2. The summed E-state index contributed by atoms with van der Waals surface area (Å²) >= 11 is 5.95. The number of benzene rings is 2. The maximum Gasteiger partial charge on any atom is 0.417 e. The molecule has 1 aliphatic heterocycles. The molecule has 2 aliphatic rings. The maximum atomic E-state index is 14.6. The number of hydrogen-bond acceptors (Lipinski definition) is 5. The lowest BCUT2D eigenvalue weighted by molar-refractivity contribution is -0.131. The fraction of sp³-hybridized carbons (Fsp3) is 0.500. The molecule has 4 rings (SSSR count). The second-order valence-electron chi connectivity index (χ2n) is 11.3. The second kappa shape index (κ2) is 12.4. The van der Waals surface area contributed by atoms with Crippen molar-refractivity contribution in [3.8, 4) is 0 Å². The molecular weight excluding hydrogens is 523 g/mol. The van der Waals surface area contributed by atoms with Gasteiger partial charge in [-0.2, -0.15) is 0 Å². The first-order chi connectivity index (χ1) is 18.5. The predicted molar refractivity (Wildman–Crippen MR) is 146 cm³/mol. The number of rotatable bonds is 7. The normalized spacial score (nSPS) is 18.9. The van der Waals surface area contributed by atoms with Gasteiger partial charge < -0.3 is 14.4 Å². The van der Waals surface area contributed by atoms with Gasteiger partial charge in [0.2, 0.25) is 5.91 Å². The third kappa shape index (κ3) is 7.29. The first-order valence-corrected chi connectivity index (χ1v) is 13.9. The van der Waals surface area contributed by atoms with Crippen molar-refractivity contribution in [2.75, 3.05) is 13.2 Å². The van der Waals surface area contributed by atoms with Crippen LogP contribution >= 0.6 is 11.6 Å². The van der Waals surface area contributed by atoms with Crippen molar-refractivity contribution < 1.29 is 28.2 Å². The van der Waals surface area contributed by atoms with Gasteiger partial charge >= 0.3 is 12.2 Å². The van der Waals surface area contributed by atoms with E-state index < -0.39 is 41.5 Å². The Balaban J connectivity index is 1.69. The third-order valence-corrected chi connectivity index (χ3v) is 7.49. The first kappa shape index (κ1) is 28.9.